The zero-order valence-corrected chi connectivity index (χ0v) is 17.6. The smallest absolute Gasteiger partial charge is 0.338 e. The Hall–Kier alpha value is -1.86. The summed E-state index contributed by atoms with van der Waals surface area (Å²) in [6.45, 7) is 4.19. The van der Waals surface area contributed by atoms with Gasteiger partial charge in [-0.3, -0.25) is 4.79 Å². The van der Waals surface area contributed by atoms with E-state index in [1.807, 2.05) is 26.0 Å². The molecule has 0 bridgehead atoms. The van der Waals surface area contributed by atoms with E-state index in [2.05, 4.69) is 37.2 Å². The Kier molecular flexibility index (Phi) is 7.66. The number of halogens is 2. The lowest BCUT2D eigenvalue weighted by Gasteiger charge is -2.10. The molecule has 2 aromatic carbocycles. The Bertz CT molecular complexity index is 776. The number of carbonyl (C=O) groups excluding carboxylic acids is 2. The van der Waals surface area contributed by atoms with Crippen molar-refractivity contribution in [3.8, 4) is 5.75 Å². The Morgan fingerprint density at radius 2 is 1.77 bits per heavy atom. The van der Waals surface area contributed by atoms with Crippen LogP contribution < -0.4 is 10.1 Å². The van der Waals surface area contributed by atoms with Crippen LogP contribution in [0.4, 0.5) is 5.69 Å². The van der Waals surface area contributed by atoms with E-state index in [9.17, 15) is 9.59 Å². The molecule has 5 nitrogen and oxygen atoms in total. The molecule has 1 N–H and O–H groups in total. The average Bonchev–Trinajstić information content (AvgIpc) is 2.59. The van der Waals surface area contributed by atoms with Crippen molar-refractivity contribution >= 4 is 49.4 Å². The van der Waals surface area contributed by atoms with Gasteiger partial charge in [0.25, 0.3) is 5.91 Å². The maximum absolute atomic E-state index is 12.0. The van der Waals surface area contributed by atoms with Gasteiger partial charge in [-0.1, -0.05) is 29.8 Å². The van der Waals surface area contributed by atoms with Gasteiger partial charge in [-0.25, -0.2) is 4.79 Å². The van der Waals surface area contributed by atoms with Crippen LogP contribution >= 0.6 is 31.9 Å². The van der Waals surface area contributed by atoms with Gasteiger partial charge in [-0.2, -0.15) is 0 Å². The number of benzene rings is 2. The van der Waals surface area contributed by atoms with E-state index in [1.54, 1.807) is 30.3 Å². The SMILES string of the molecule is CC(C)COC(=O)c1ccc(NC(=O)COc2ccc(Br)cc2Br)cc1. The molecule has 0 fully saturated rings. The molecule has 0 atom stereocenters. The van der Waals surface area contributed by atoms with E-state index in [1.165, 1.54) is 0 Å². The van der Waals surface area contributed by atoms with Crippen LogP contribution in [0, 0.1) is 5.92 Å². The molecule has 0 aliphatic rings. The quantitative estimate of drug-likeness (QED) is 0.559. The fraction of sp³-hybridized carbons (Fsp3) is 0.263. The van der Waals surface area contributed by atoms with Crippen LogP contribution in [0.5, 0.6) is 5.75 Å². The monoisotopic (exact) mass is 483 g/mol. The van der Waals surface area contributed by atoms with Crippen LogP contribution in [0.3, 0.4) is 0 Å². The van der Waals surface area contributed by atoms with Crippen molar-refractivity contribution in [3.05, 3.63) is 57.0 Å². The summed E-state index contributed by atoms with van der Waals surface area (Å²) in [5.41, 5.74) is 1.02. The number of carbonyl (C=O) groups is 2. The van der Waals surface area contributed by atoms with Crippen molar-refractivity contribution in [2.75, 3.05) is 18.5 Å². The fourth-order valence-corrected chi connectivity index (χ4v) is 3.11. The number of nitrogens with one attached hydrogen (secondary N) is 1. The summed E-state index contributed by atoms with van der Waals surface area (Å²) in [5.74, 6) is 0.185. The summed E-state index contributed by atoms with van der Waals surface area (Å²) in [7, 11) is 0. The molecule has 138 valence electrons. The van der Waals surface area contributed by atoms with Crippen molar-refractivity contribution in [1.82, 2.24) is 0 Å². The van der Waals surface area contributed by atoms with E-state index < -0.39 is 0 Å². The van der Waals surface area contributed by atoms with E-state index in [0.717, 1.165) is 8.95 Å². The first kappa shape index (κ1) is 20.5. The van der Waals surface area contributed by atoms with Crippen molar-refractivity contribution in [2.24, 2.45) is 5.92 Å². The van der Waals surface area contributed by atoms with Crippen LogP contribution in [0.1, 0.15) is 24.2 Å². The zero-order chi connectivity index (χ0) is 19.1. The summed E-state index contributed by atoms with van der Waals surface area (Å²) in [5, 5.41) is 2.72. The van der Waals surface area contributed by atoms with Gasteiger partial charge in [0.15, 0.2) is 6.61 Å². The van der Waals surface area contributed by atoms with E-state index in [0.29, 0.717) is 23.6 Å². The molecular formula is C19H19Br2NO4. The molecule has 26 heavy (non-hydrogen) atoms. The van der Waals surface area contributed by atoms with Crippen molar-refractivity contribution in [3.63, 3.8) is 0 Å². The molecule has 0 saturated carbocycles. The fourth-order valence-electron chi connectivity index (χ4n) is 1.95. The van der Waals surface area contributed by atoms with Crippen molar-refractivity contribution in [2.45, 2.75) is 13.8 Å². The van der Waals surface area contributed by atoms with Gasteiger partial charge in [0.05, 0.1) is 16.6 Å². The van der Waals surface area contributed by atoms with E-state index in [4.69, 9.17) is 9.47 Å². The molecule has 0 spiro atoms. The number of anilines is 1. The van der Waals surface area contributed by atoms with Crippen molar-refractivity contribution in [1.29, 1.82) is 0 Å². The van der Waals surface area contributed by atoms with Crippen LogP contribution in [-0.4, -0.2) is 25.1 Å². The number of hydrogen-bond acceptors (Lipinski definition) is 4. The van der Waals surface area contributed by atoms with E-state index in [-0.39, 0.29) is 24.4 Å². The topological polar surface area (TPSA) is 64.6 Å². The summed E-state index contributed by atoms with van der Waals surface area (Å²) in [6, 6.07) is 12.0. The third kappa shape index (κ3) is 6.46. The molecule has 2 aromatic rings. The molecule has 0 heterocycles. The first-order chi connectivity index (χ1) is 12.3. The van der Waals surface area contributed by atoms with Gasteiger partial charge in [0.2, 0.25) is 0 Å². The average molecular weight is 485 g/mol. The highest BCUT2D eigenvalue weighted by molar-refractivity contribution is 9.11. The predicted molar refractivity (Wildman–Crippen MR) is 108 cm³/mol. The highest BCUT2D eigenvalue weighted by Crippen LogP contribution is 2.28. The molecule has 1 amide bonds. The van der Waals surface area contributed by atoms with Crippen LogP contribution in [0.2, 0.25) is 0 Å². The largest absolute Gasteiger partial charge is 0.483 e. The molecular weight excluding hydrogens is 466 g/mol. The summed E-state index contributed by atoms with van der Waals surface area (Å²) < 4.78 is 12.3. The summed E-state index contributed by atoms with van der Waals surface area (Å²) in [6.07, 6.45) is 0. The Labute approximate surface area is 169 Å². The third-order valence-electron chi connectivity index (χ3n) is 3.20. The first-order valence-corrected chi connectivity index (χ1v) is 9.58. The number of amides is 1. The first-order valence-electron chi connectivity index (χ1n) is 8.00. The predicted octanol–water partition coefficient (Wildman–Crippen LogP) is 5.04. The van der Waals surface area contributed by atoms with Gasteiger partial charge >= 0.3 is 5.97 Å². The molecule has 0 aromatic heterocycles. The number of hydrogen-bond donors (Lipinski definition) is 1. The molecule has 2 rings (SSSR count). The Morgan fingerprint density at radius 3 is 2.38 bits per heavy atom. The maximum Gasteiger partial charge on any atom is 0.338 e. The molecule has 0 aliphatic heterocycles. The van der Waals surface area contributed by atoms with Gasteiger partial charge in [-0.05, 0) is 64.3 Å². The lowest BCUT2D eigenvalue weighted by Crippen LogP contribution is -2.20. The number of ether oxygens (including phenoxy) is 2. The van der Waals surface area contributed by atoms with Crippen LogP contribution in [-0.2, 0) is 9.53 Å². The second-order valence-electron chi connectivity index (χ2n) is 5.98. The zero-order valence-electron chi connectivity index (χ0n) is 14.4. The summed E-state index contributed by atoms with van der Waals surface area (Å²) >= 11 is 6.73. The van der Waals surface area contributed by atoms with Crippen LogP contribution in [0.15, 0.2) is 51.4 Å². The van der Waals surface area contributed by atoms with Gasteiger partial charge in [-0.15, -0.1) is 0 Å². The minimum Gasteiger partial charge on any atom is -0.483 e. The lowest BCUT2D eigenvalue weighted by atomic mass is 10.2. The molecule has 0 aliphatic carbocycles. The molecule has 0 unspecified atom stereocenters. The Balaban J connectivity index is 1.86. The second-order valence-corrected chi connectivity index (χ2v) is 7.75. The van der Waals surface area contributed by atoms with Crippen LogP contribution in [0.25, 0.3) is 0 Å². The minimum absolute atomic E-state index is 0.127. The number of esters is 1. The maximum atomic E-state index is 12.0. The highest BCUT2D eigenvalue weighted by atomic mass is 79.9. The van der Waals surface area contributed by atoms with Gasteiger partial charge < -0.3 is 14.8 Å². The Morgan fingerprint density at radius 1 is 1.08 bits per heavy atom. The third-order valence-corrected chi connectivity index (χ3v) is 4.32. The highest BCUT2D eigenvalue weighted by Gasteiger charge is 2.10. The standard InChI is InChI=1S/C19H19Br2NO4/c1-12(2)10-26-19(24)13-3-6-15(7-4-13)22-18(23)11-25-17-8-5-14(20)9-16(17)21/h3-9,12H,10-11H2,1-2H3,(H,22,23). The van der Waals surface area contributed by atoms with Gasteiger partial charge in [0.1, 0.15) is 5.75 Å². The lowest BCUT2D eigenvalue weighted by molar-refractivity contribution is -0.118. The molecule has 7 heteroatoms. The molecule has 0 radical (unpaired) electrons. The molecule has 0 saturated heterocycles. The second kappa shape index (κ2) is 9.73. The number of rotatable bonds is 7. The summed E-state index contributed by atoms with van der Waals surface area (Å²) in [4.78, 5) is 23.9. The van der Waals surface area contributed by atoms with Crippen molar-refractivity contribution < 1.29 is 19.1 Å². The van der Waals surface area contributed by atoms with E-state index >= 15 is 0 Å². The minimum atomic E-state index is -0.375. The normalized spacial score (nSPS) is 10.5. The van der Waals surface area contributed by atoms with Gasteiger partial charge in [0, 0.05) is 10.2 Å².